The highest BCUT2D eigenvalue weighted by Crippen LogP contribution is 2.04. The molecule has 0 amide bonds. The molecular formula is C9H13N5O2. The van der Waals surface area contributed by atoms with Gasteiger partial charge in [0, 0.05) is 12.5 Å². The summed E-state index contributed by atoms with van der Waals surface area (Å²) in [4.78, 5) is 33.9. The lowest BCUT2D eigenvalue weighted by Crippen LogP contribution is -2.22. The topological polar surface area (TPSA) is 120 Å². The average molecular weight is 223 g/mol. The van der Waals surface area contributed by atoms with Crippen molar-refractivity contribution in [3.8, 4) is 0 Å². The number of fused-ring (bicyclic) bond motifs is 1. The van der Waals surface area contributed by atoms with Crippen molar-refractivity contribution in [2.75, 3.05) is 0 Å². The van der Waals surface area contributed by atoms with Crippen LogP contribution in [-0.2, 0) is 6.42 Å². The number of imidazole rings is 1. The lowest BCUT2D eigenvalue weighted by atomic mass is 10.2. The smallest absolute Gasteiger partial charge is 0.327 e. The zero-order valence-electron chi connectivity index (χ0n) is 8.83. The molecule has 2 aromatic heterocycles. The largest absolute Gasteiger partial charge is 0.336 e. The van der Waals surface area contributed by atoms with Gasteiger partial charge in [-0.3, -0.25) is 14.8 Å². The maximum absolute atomic E-state index is 11.4. The number of nitrogens with two attached hydrogens (primary N) is 1. The van der Waals surface area contributed by atoms with Crippen LogP contribution in [0.2, 0.25) is 0 Å². The van der Waals surface area contributed by atoms with Crippen LogP contribution < -0.4 is 17.0 Å². The summed E-state index contributed by atoms with van der Waals surface area (Å²) in [6, 6.07) is -0.00799. The van der Waals surface area contributed by atoms with Crippen LogP contribution >= 0.6 is 0 Å². The molecule has 7 nitrogen and oxygen atoms in total. The molecule has 0 radical (unpaired) electrons. The SMILES string of the molecule is CCC(N)Cc1nc2[nH]c(=O)[nH]c(=O)c2[nH]1. The van der Waals surface area contributed by atoms with Crippen LogP contribution in [0.15, 0.2) is 9.59 Å². The molecule has 16 heavy (non-hydrogen) atoms. The third kappa shape index (κ3) is 1.89. The fourth-order valence-corrected chi connectivity index (χ4v) is 1.47. The molecule has 0 saturated carbocycles. The van der Waals surface area contributed by atoms with Crippen LogP contribution in [-0.4, -0.2) is 26.0 Å². The predicted molar refractivity (Wildman–Crippen MR) is 59.3 cm³/mol. The number of aromatic amines is 3. The Balaban J connectivity index is 2.48. The van der Waals surface area contributed by atoms with Crippen molar-refractivity contribution in [1.82, 2.24) is 19.9 Å². The number of hydrogen-bond acceptors (Lipinski definition) is 4. The molecule has 0 fully saturated rings. The summed E-state index contributed by atoms with van der Waals surface area (Å²) in [5.41, 5.74) is 5.29. The van der Waals surface area contributed by atoms with E-state index in [1.165, 1.54) is 0 Å². The highest BCUT2D eigenvalue weighted by molar-refractivity contribution is 5.68. The Morgan fingerprint density at radius 2 is 2.06 bits per heavy atom. The minimum atomic E-state index is -0.560. The molecule has 0 saturated heterocycles. The molecular weight excluding hydrogens is 210 g/mol. The van der Waals surface area contributed by atoms with E-state index in [0.717, 1.165) is 6.42 Å². The van der Waals surface area contributed by atoms with Crippen LogP contribution in [0, 0.1) is 0 Å². The molecule has 5 N–H and O–H groups in total. The minimum absolute atomic E-state index is 0.00799. The Morgan fingerprint density at radius 3 is 2.75 bits per heavy atom. The van der Waals surface area contributed by atoms with Gasteiger partial charge in [-0.2, -0.15) is 0 Å². The highest BCUT2D eigenvalue weighted by atomic mass is 16.2. The summed E-state index contributed by atoms with van der Waals surface area (Å²) >= 11 is 0. The monoisotopic (exact) mass is 223 g/mol. The van der Waals surface area contributed by atoms with Crippen molar-refractivity contribution in [3.05, 3.63) is 26.7 Å². The van der Waals surface area contributed by atoms with E-state index >= 15 is 0 Å². The third-order valence-corrected chi connectivity index (χ3v) is 2.42. The molecule has 7 heteroatoms. The first-order chi connectivity index (χ1) is 7.60. The average Bonchev–Trinajstić information content (AvgIpc) is 2.60. The van der Waals surface area contributed by atoms with E-state index in [9.17, 15) is 9.59 Å². The van der Waals surface area contributed by atoms with Crippen LogP contribution in [0.5, 0.6) is 0 Å². The van der Waals surface area contributed by atoms with Gasteiger partial charge in [-0.15, -0.1) is 0 Å². The number of nitrogens with one attached hydrogen (secondary N) is 3. The molecule has 0 bridgehead atoms. The van der Waals surface area contributed by atoms with E-state index < -0.39 is 11.2 Å². The van der Waals surface area contributed by atoms with Gasteiger partial charge < -0.3 is 10.7 Å². The fourth-order valence-electron chi connectivity index (χ4n) is 1.47. The van der Waals surface area contributed by atoms with Crippen molar-refractivity contribution in [3.63, 3.8) is 0 Å². The Bertz CT molecular complexity index is 608. The predicted octanol–water partition coefficient (Wildman–Crippen LogP) is -0.781. The Kier molecular flexibility index (Phi) is 2.61. The van der Waals surface area contributed by atoms with Gasteiger partial charge in [0.2, 0.25) is 0 Å². The fraction of sp³-hybridized carbons (Fsp3) is 0.444. The zero-order valence-corrected chi connectivity index (χ0v) is 8.83. The second-order valence-electron chi connectivity index (χ2n) is 3.69. The van der Waals surface area contributed by atoms with E-state index in [4.69, 9.17) is 5.73 Å². The van der Waals surface area contributed by atoms with Crippen LogP contribution in [0.3, 0.4) is 0 Å². The number of rotatable bonds is 3. The van der Waals surface area contributed by atoms with Gasteiger partial charge in [0.05, 0.1) is 0 Å². The molecule has 0 spiro atoms. The van der Waals surface area contributed by atoms with Crippen LogP contribution in [0.25, 0.3) is 11.2 Å². The van der Waals surface area contributed by atoms with E-state index in [1.807, 2.05) is 6.92 Å². The number of aromatic nitrogens is 4. The molecule has 2 rings (SSSR count). The summed E-state index contributed by atoms with van der Waals surface area (Å²) in [5.74, 6) is 0.608. The van der Waals surface area contributed by atoms with Gasteiger partial charge in [-0.05, 0) is 6.42 Å². The number of H-pyrrole nitrogens is 3. The number of nitrogens with zero attached hydrogens (tertiary/aromatic N) is 1. The Labute approximate surface area is 90.1 Å². The van der Waals surface area contributed by atoms with Gasteiger partial charge in [-0.25, -0.2) is 9.78 Å². The standard InChI is InChI=1S/C9H13N5O2/c1-2-4(10)3-5-11-6-7(12-5)13-9(16)14-8(6)15/h4H,2-3,10H2,1H3,(H3,11,12,13,14,15,16). The summed E-state index contributed by atoms with van der Waals surface area (Å²) in [5, 5.41) is 0. The van der Waals surface area contributed by atoms with Gasteiger partial charge >= 0.3 is 5.69 Å². The van der Waals surface area contributed by atoms with Crippen molar-refractivity contribution in [2.24, 2.45) is 5.73 Å². The first kappa shape index (κ1) is 10.6. The molecule has 2 heterocycles. The first-order valence-corrected chi connectivity index (χ1v) is 5.07. The maximum Gasteiger partial charge on any atom is 0.327 e. The zero-order chi connectivity index (χ0) is 11.7. The quantitative estimate of drug-likeness (QED) is 0.545. The second kappa shape index (κ2) is 3.93. The summed E-state index contributed by atoms with van der Waals surface area (Å²) in [7, 11) is 0. The minimum Gasteiger partial charge on any atom is -0.336 e. The Morgan fingerprint density at radius 1 is 1.31 bits per heavy atom. The summed E-state index contributed by atoms with van der Waals surface area (Å²) in [6.45, 7) is 1.97. The molecule has 0 aliphatic heterocycles. The van der Waals surface area contributed by atoms with Crippen molar-refractivity contribution < 1.29 is 0 Å². The van der Waals surface area contributed by atoms with E-state index in [0.29, 0.717) is 12.2 Å². The summed E-state index contributed by atoms with van der Waals surface area (Å²) in [6.07, 6.45) is 1.37. The first-order valence-electron chi connectivity index (χ1n) is 5.07. The van der Waals surface area contributed by atoms with E-state index in [1.54, 1.807) is 0 Å². The molecule has 1 atom stereocenters. The van der Waals surface area contributed by atoms with Gasteiger partial charge in [0.25, 0.3) is 5.56 Å². The second-order valence-corrected chi connectivity index (χ2v) is 3.69. The lowest BCUT2D eigenvalue weighted by molar-refractivity contribution is 0.630. The summed E-state index contributed by atoms with van der Waals surface area (Å²) < 4.78 is 0. The molecule has 86 valence electrons. The van der Waals surface area contributed by atoms with Crippen molar-refractivity contribution >= 4 is 11.2 Å². The lowest BCUT2D eigenvalue weighted by Gasteiger charge is -2.04. The molecule has 1 unspecified atom stereocenters. The highest BCUT2D eigenvalue weighted by Gasteiger charge is 2.09. The van der Waals surface area contributed by atoms with Gasteiger partial charge in [0.1, 0.15) is 11.3 Å². The molecule has 0 aliphatic rings. The molecule has 2 aromatic rings. The normalized spacial score (nSPS) is 13.1. The van der Waals surface area contributed by atoms with Crippen molar-refractivity contribution in [2.45, 2.75) is 25.8 Å². The number of hydrogen-bond donors (Lipinski definition) is 4. The Hall–Kier alpha value is -1.89. The molecule has 0 aliphatic carbocycles. The van der Waals surface area contributed by atoms with Crippen molar-refractivity contribution in [1.29, 1.82) is 0 Å². The van der Waals surface area contributed by atoms with E-state index in [2.05, 4.69) is 19.9 Å². The van der Waals surface area contributed by atoms with Gasteiger partial charge in [0.15, 0.2) is 5.65 Å². The van der Waals surface area contributed by atoms with Crippen LogP contribution in [0.4, 0.5) is 0 Å². The van der Waals surface area contributed by atoms with E-state index in [-0.39, 0.29) is 17.2 Å². The van der Waals surface area contributed by atoms with Gasteiger partial charge in [-0.1, -0.05) is 6.92 Å². The maximum atomic E-state index is 11.4. The van der Waals surface area contributed by atoms with Crippen LogP contribution in [0.1, 0.15) is 19.2 Å². The third-order valence-electron chi connectivity index (χ3n) is 2.42. The molecule has 0 aromatic carbocycles.